The van der Waals surface area contributed by atoms with Crippen LogP contribution in [0.4, 0.5) is 0 Å². The third kappa shape index (κ3) is 2.58. The van der Waals surface area contributed by atoms with E-state index in [4.69, 9.17) is 9.47 Å². The molecule has 0 spiro atoms. The normalized spacial score (nSPS) is 20.1. The predicted octanol–water partition coefficient (Wildman–Crippen LogP) is 1.52. The molecule has 5 nitrogen and oxygen atoms in total. The van der Waals surface area contributed by atoms with Crippen LogP contribution in [-0.2, 0) is 11.3 Å². The lowest BCUT2D eigenvalue weighted by molar-refractivity contribution is -0.133. The Bertz CT molecular complexity index is 498. The lowest BCUT2D eigenvalue weighted by Gasteiger charge is -2.24. The van der Waals surface area contributed by atoms with Crippen molar-refractivity contribution < 1.29 is 14.3 Å². The molecule has 5 heteroatoms. The molecule has 1 fully saturated rings. The van der Waals surface area contributed by atoms with Crippen LogP contribution in [0.5, 0.6) is 11.5 Å². The quantitative estimate of drug-likeness (QED) is 0.906. The molecule has 0 aromatic heterocycles. The molecule has 2 aliphatic rings. The van der Waals surface area contributed by atoms with Gasteiger partial charge in [0, 0.05) is 13.1 Å². The Morgan fingerprint density at radius 2 is 2.25 bits per heavy atom. The van der Waals surface area contributed by atoms with Crippen molar-refractivity contribution >= 4 is 5.91 Å². The minimum Gasteiger partial charge on any atom is -0.454 e. The van der Waals surface area contributed by atoms with Crippen LogP contribution in [0.3, 0.4) is 0 Å². The summed E-state index contributed by atoms with van der Waals surface area (Å²) in [7, 11) is 0. The van der Waals surface area contributed by atoms with Gasteiger partial charge in [0.2, 0.25) is 12.7 Å². The molecule has 0 saturated carbocycles. The fourth-order valence-electron chi connectivity index (χ4n) is 2.72. The average Bonchev–Trinajstić information content (AvgIpc) is 3.14. The van der Waals surface area contributed by atoms with Crippen molar-refractivity contribution in [3.05, 3.63) is 23.8 Å². The van der Waals surface area contributed by atoms with Crippen LogP contribution in [-0.4, -0.2) is 36.7 Å². The van der Waals surface area contributed by atoms with Gasteiger partial charge in [-0.1, -0.05) is 6.07 Å². The highest BCUT2D eigenvalue weighted by atomic mass is 16.7. The highest BCUT2D eigenvalue weighted by Gasteiger charge is 2.26. The number of amides is 1. The average molecular weight is 276 g/mol. The van der Waals surface area contributed by atoms with Crippen LogP contribution >= 0.6 is 0 Å². The minimum absolute atomic E-state index is 0.0102. The second kappa shape index (κ2) is 5.71. The Labute approximate surface area is 118 Å². The molecule has 0 unspecified atom stereocenters. The SMILES string of the molecule is CCN(Cc1ccc2c(c1)OCO2)C(=O)[C@H]1CCCN1. The fourth-order valence-corrected chi connectivity index (χ4v) is 2.72. The maximum atomic E-state index is 12.4. The first-order chi connectivity index (χ1) is 9.78. The summed E-state index contributed by atoms with van der Waals surface area (Å²) in [4.78, 5) is 14.3. The summed E-state index contributed by atoms with van der Waals surface area (Å²) >= 11 is 0. The Balaban J connectivity index is 1.69. The lowest BCUT2D eigenvalue weighted by Crippen LogP contribution is -2.43. The number of nitrogens with zero attached hydrogens (tertiary/aromatic N) is 1. The number of nitrogens with one attached hydrogen (secondary N) is 1. The largest absolute Gasteiger partial charge is 0.454 e. The van der Waals surface area contributed by atoms with Gasteiger partial charge in [0.05, 0.1) is 6.04 Å². The van der Waals surface area contributed by atoms with Gasteiger partial charge >= 0.3 is 0 Å². The van der Waals surface area contributed by atoms with E-state index < -0.39 is 0 Å². The summed E-state index contributed by atoms with van der Waals surface area (Å²) in [6, 6.07) is 5.85. The number of benzene rings is 1. The maximum Gasteiger partial charge on any atom is 0.239 e. The van der Waals surface area contributed by atoms with Crippen molar-refractivity contribution in [1.29, 1.82) is 0 Å². The predicted molar refractivity (Wildman–Crippen MR) is 74.7 cm³/mol. The molecule has 0 aliphatic carbocycles. The van der Waals surface area contributed by atoms with Gasteiger partial charge in [0.1, 0.15) is 0 Å². The minimum atomic E-state index is -0.0102. The van der Waals surface area contributed by atoms with Gasteiger partial charge in [-0.25, -0.2) is 0 Å². The van der Waals surface area contributed by atoms with Crippen molar-refractivity contribution in [3.63, 3.8) is 0 Å². The zero-order valence-electron chi connectivity index (χ0n) is 11.7. The zero-order chi connectivity index (χ0) is 13.9. The van der Waals surface area contributed by atoms with E-state index in [0.29, 0.717) is 13.1 Å². The van der Waals surface area contributed by atoms with Gasteiger partial charge in [0.15, 0.2) is 11.5 Å². The van der Waals surface area contributed by atoms with Gasteiger partial charge in [-0.3, -0.25) is 4.79 Å². The maximum absolute atomic E-state index is 12.4. The van der Waals surface area contributed by atoms with Crippen molar-refractivity contribution in [2.45, 2.75) is 32.4 Å². The molecular formula is C15H20N2O3. The zero-order valence-corrected chi connectivity index (χ0v) is 11.7. The van der Waals surface area contributed by atoms with Gasteiger partial charge in [-0.15, -0.1) is 0 Å². The van der Waals surface area contributed by atoms with E-state index in [0.717, 1.165) is 36.4 Å². The second-order valence-corrected chi connectivity index (χ2v) is 5.19. The standard InChI is InChI=1S/C15H20N2O3/c1-2-17(15(18)12-4-3-7-16-12)9-11-5-6-13-14(8-11)20-10-19-13/h5-6,8,12,16H,2-4,7,9-10H2,1H3/t12-/m1/s1. The van der Waals surface area contributed by atoms with Crippen molar-refractivity contribution in [3.8, 4) is 11.5 Å². The molecule has 0 radical (unpaired) electrons. The summed E-state index contributed by atoms with van der Waals surface area (Å²) < 4.78 is 10.7. The van der Waals surface area contributed by atoms with E-state index in [-0.39, 0.29) is 18.7 Å². The number of rotatable bonds is 4. The Kier molecular flexibility index (Phi) is 3.78. The first-order valence-corrected chi connectivity index (χ1v) is 7.18. The van der Waals surface area contributed by atoms with E-state index in [1.807, 2.05) is 30.0 Å². The molecule has 2 heterocycles. The van der Waals surface area contributed by atoms with Gasteiger partial charge in [-0.2, -0.15) is 0 Å². The highest BCUT2D eigenvalue weighted by molar-refractivity contribution is 5.82. The smallest absolute Gasteiger partial charge is 0.239 e. The van der Waals surface area contributed by atoms with Crippen LogP contribution in [0.15, 0.2) is 18.2 Å². The number of ether oxygens (including phenoxy) is 2. The molecule has 108 valence electrons. The summed E-state index contributed by atoms with van der Waals surface area (Å²) in [5.41, 5.74) is 1.07. The van der Waals surface area contributed by atoms with Gasteiger partial charge < -0.3 is 19.7 Å². The van der Waals surface area contributed by atoms with E-state index in [9.17, 15) is 4.79 Å². The molecule has 2 aliphatic heterocycles. The van der Waals surface area contributed by atoms with Crippen LogP contribution in [0.25, 0.3) is 0 Å². The van der Waals surface area contributed by atoms with Crippen molar-refractivity contribution in [2.75, 3.05) is 19.9 Å². The number of hydrogen-bond donors (Lipinski definition) is 1. The third-order valence-electron chi connectivity index (χ3n) is 3.86. The molecule has 1 N–H and O–H groups in total. The van der Waals surface area contributed by atoms with E-state index >= 15 is 0 Å². The molecule has 1 amide bonds. The summed E-state index contributed by atoms with van der Waals surface area (Å²) in [6.45, 7) is 4.56. The molecular weight excluding hydrogens is 256 g/mol. The number of likely N-dealkylation sites (N-methyl/N-ethyl adjacent to an activating group) is 1. The lowest BCUT2D eigenvalue weighted by atomic mass is 10.1. The van der Waals surface area contributed by atoms with Crippen molar-refractivity contribution in [2.24, 2.45) is 0 Å². The second-order valence-electron chi connectivity index (χ2n) is 5.19. The van der Waals surface area contributed by atoms with Gasteiger partial charge in [0.25, 0.3) is 0 Å². The molecule has 1 aromatic carbocycles. The number of fused-ring (bicyclic) bond motifs is 1. The van der Waals surface area contributed by atoms with E-state index in [2.05, 4.69) is 5.32 Å². The highest BCUT2D eigenvalue weighted by Crippen LogP contribution is 2.32. The van der Waals surface area contributed by atoms with Crippen LogP contribution in [0.2, 0.25) is 0 Å². The Hall–Kier alpha value is -1.75. The Morgan fingerprint density at radius 1 is 1.40 bits per heavy atom. The van der Waals surface area contributed by atoms with Crippen LogP contribution < -0.4 is 14.8 Å². The van der Waals surface area contributed by atoms with E-state index in [1.54, 1.807) is 0 Å². The molecule has 3 rings (SSSR count). The van der Waals surface area contributed by atoms with Crippen molar-refractivity contribution in [1.82, 2.24) is 10.2 Å². The first kappa shape index (κ1) is 13.2. The number of carbonyl (C=O) groups is 1. The van der Waals surface area contributed by atoms with E-state index in [1.165, 1.54) is 0 Å². The first-order valence-electron chi connectivity index (χ1n) is 7.18. The van der Waals surface area contributed by atoms with Crippen LogP contribution in [0, 0.1) is 0 Å². The molecule has 1 atom stereocenters. The summed E-state index contributed by atoms with van der Waals surface area (Å²) in [5.74, 6) is 1.74. The number of carbonyl (C=O) groups excluding carboxylic acids is 1. The van der Waals surface area contributed by atoms with Crippen LogP contribution in [0.1, 0.15) is 25.3 Å². The summed E-state index contributed by atoms with van der Waals surface area (Å²) in [5, 5.41) is 3.26. The molecule has 20 heavy (non-hydrogen) atoms. The Morgan fingerprint density at radius 3 is 3.00 bits per heavy atom. The monoisotopic (exact) mass is 276 g/mol. The third-order valence-corrected chi connectivity index (χ3v) is 3.86. The van der Waals surface area contributed by atoms with Gasteiger partial charge in [-0.05, 0) is 44.0 Å². The fraction of sp³-hybridized carbons (Fsp3) is 0.533. The molecule has 1 saturated heterocycles. The summed E-state index contributed by atoms with van der Waals surface area (Å²) in [6.07, 6.45) is 2.02. The topological polar surface area (TPSA) is 50.8 Å². The molecule has 0 bridgehead atoms. The number of hydrogen-bond acceptors (Lipinski definition) is 4. The molecule has 1 aromatic rings.